The first-order valence-corrected chi connectivity index (χ1v) is 7.04. The number of carbonyl (C=O) groups excluding carboxylic acids is 1. The third kappa shape index (κ3) is 3.39. The van der Waals surface area contributed by atoms with Crippen molar-refractivity contribution < 1.29 is 4.79 Å². The minimum Gasteiger partial charge on any atom is -0.347 e. The molecule has 0 saturated heterocycles. The predicted molar refractivity (Wildman–Crippen MR) is 79.6 cm³/mol. The lowest BCUT2D eigenvalue weighted by molar-refractivity contribution is -0.124. The highest BCUT2D eigenvalue weighted by Crippen LogP contribution is 2.18. The Morgan fingerprint density at radius 1 is 1.40 bits per heavy atom. The van der Waals surface area contributed by atoms with Crippen molar-refractivity contribution in [2.45, 2.75) is 32.4 Å². The first-order valence-electron chi connectivity index (χ1n) is 6.66. The number of amides is 1. The van der Waals surface area contributed by atoms with Gasteiger partial charge in [0.15, 0.2) is 0 Å². The van der Waals surface area contributed by atoms with E-state index in [4.69, 9.17) is 11.6 Å². The van der Waals surface area contributed by atoms with E-state index in [9.17, 15) is 4.79 Å². The van der Waals surface area contributed by atoms with Crippen molar-refractivity contribution >= 4 is 17.5 Å². The second kappa shape index (κ2) is 6.57. The molecule has 2 rings (SSSR count). The topological polar surface area (TPSA) is 46.9 Å². The van der Waals surface area contributed by atoms with Crippen LogP contribution in [0.1, 0.15) is 37.9 Å². The molecule has 0 aliphatic carbocycles. The Bertz CT molecular complexity index is 568. The van der Waals surface area contributed by atoms with Gasteiger partial charge in [0, 0.05) is 6.20 Å². The maximum absolute atomic E-state index is 12.3. The zero-order valence-corrected chi connectivity index (χ0v) is 12.3. The molecule has 106 valence electrons. The molecule has 0 radical (unpaired) electrons. The van der Waals surface area contributed by atoms with E-state index in [0.29, 0.717) is 5.02 Å². The third-order valence-electron chi connectivity index (χ3n) is 3.27. The molecule has 1 N–H and O–H groups in total. The molecule has 0 spiro atoms. The normalized spacial score (nSPS) is 13.8. The molecule has 2 atom stereocenters. The van der Waals surface area contributed by atoms with Gasteiger partial charge < -0.3 is 5.32 Å². The van der Waals surface area contributed by atoms with E-state index in [1.54, 1.807) is 17.8 Å². The van der Waals surface area contributed by atoms with Crippen LogP contribution >= 0.6 is 11.6 Å². The molecule has 1 amide bonds. The third-order valence-corrected chi connectivity index (χ3v) is 3.47. The number of hydrogen-bond acceptors (Lipinski definition) is 2. The fourth-order valence-corrected chi connectivity index (χ4v) is 2.19. The molecular formula is C15H18ClN3O. The summed E-state index contributed by atoms with van der Waals surface area (Å²) >= 11 is 5.82. The van der Waals surface area contributed by atoms with Crippen LogP contribution < -0.4 is 5.32 Å². The van der Waals surface area contributed by atoms with Crippen molar-refractivity contribution in [1.82, 2.24) is 15.1 Å². The lowest BCUT2D eigenvalue weighted by atomic mass is 10.0. The molecule has 0 fully saturated rings. The van der Waals surface area contributed by atoms with Gasteiger partial charge in [0.05, 0.1) is 17.3 Å². The van der Waals surface area contributed by atoms with Crippen LogP contribution in [0.2, 0.25) is 5.02 Å². The first kappa shape index (κ1) is 14.6. The molecule has 4 nitrogen and oxygen atoms in total. The maximum atomic E-state index is 12.3. The lowest BCUT2D eigenvalue weighted by Crippen LogP contribution is -2.34. The standard InChI is InChI=1S/C15H18ClN3O/c1-3-14(12-7-5-4-6-8-12)18-15(20)11(2)19-10-13(16)9-17-19/h4-11,14H,3H2,1-2H3,(H,18,20). The number of carbonyl (C=O) groups is 1. The van der Waals surface area contributed by atoms with Gasteiger partial charge in [-0.15, -0.1) is 0 Å². The minimum atomic E-state index is -0.389. The number of benzene rings is 1. The molecule has 0 saturated carbocycles. The zero-order chi connectivity index (χ0) is 14.5. The van der Waals surface area contributed by atoms with Crippen LogP contribution in [-0.4, -0.2) is 15.7 Å². The Morgan fingerprint density at radius 3 is 2.65 bits per heavy atom. The molecule has 0 bridgehead atoms. The van der Waals surface area contributed by atoms with Gasteiger partial charge in [0.25, 0.3) is 0 Å². The zero-order valence-electron chi connectivity index (χ0n) is 11.6. The van der Waals surface area contributed by atoms with Crippen LogP contribution in [0.25, 0.3) is 0 Å². The Labute approximate surface area is 123 Å². The van der Waals surface area contributed by atoms with Crippen molar-refractivity contribution in [2.24, 2.45) is 0 Å². The summed E-state index contributed by atoms with van der Waals surface area (Å²) in [6, 6.07) is 9.57. The molecule has 0 aliphatic heterocycles. The second-order valence-corrected chi connectivity index (χ2v) is 5.13. The summed E-state index contributed by atoms with van der Waals surface area (Å²) < 4.78 is 1.56. The summed E-state index contributed by atoms with van der Waals surface area (Å²) in [7, 11) is 0. The highest BCUT2D eigenvalue weighted by atomic mass is 35.5. The monoisotopic (exact) mass is 291 g/mol. The van der Waals surface area contributed by atoms with Gasteiger partial charge in [-0.25, -0.2) is 0 Å². The average Bonchev–Trinajstić information content (AvgIpc) is 2.91. The van der Waals surface area contributed by atoms with E-state index in [2.05, 4.69) is 10.4 Å². The van der Waals surface area contributed by atoms with Crippen LogP contribution in [-0.2, 0) is 4.79 Å². The summed E-state index contributed by atoms with van der Waals surface area (Å²) in [5, 5.41) is 7.64. The minimum absolute atomic E-state index is 0.0113. The van der Waals surface area contributed by atoms with Gasteiger partial charge in [-0.05, 0) is 18.9 Å². The number of aromatic nitrogens is 2. The van der Waals surface area contributed by atoms with E-state index in [0.717, 1.165) is 12.0 Å². The molecule has 20 heavy (non-hydrogen) atoms. The van der Waals surface area contributed by atoms with Crippen LogP contribution in [0.15, 0.2) is 42.7 Å². The molecule has 0 aliphatic rings. The van der Waals surface area contributed by atoms with E-state index < -0.39 is 0 Å². The van der Waals surface area contributed by atoms with E-state index in [1.165, 1.54) is 6.20 Å². The number of halogens is 1. The number of nitrogens with zero attached hydrogens (tertiary/aromatic N) is 2. The van der Waals surface area contributed by atoms with Crippen LogP contribution in [0, 0.1) is 0 Å². The summed E-state index contributed by atoms with van der Waals surface area (Å²) in [6.45, 7) is 3.85. The molecule has 1 aromatic heterocycles. The van der Waals surface area contributed by atoms with Gasteiger partial charge >= 0.3 is 0 Å². The van der Waals surface area contributed by atoms with Crippen LogP contribution in [0.5, 0.6) is 0 Å². The average molecular weight is 292 g/mol. The number of nitrogens with one attached hydrogen (secondary N) is 1. The summed E-state index contributed by atoms with van der Waals surface area (Å²) in [5.74, 6) is -0.0690. The van der Waals surface area contributed by atoms with Gasteiger partial charge in [-0.2, -0.15) is 5.10 Å². The Balaban J connectivity index is 2.06. The quantitative estimate of drug-likeness (QED) is 0.918. The molecule has 1 aromatic carbocycles. The van der Waals surface area contributed by atoms with Crippen LogP contribution in [0.3, 0.4) is 0 Å². The van der Waals surface area contributed by atoms with Crippen molar-refractivity contribution in [3.8, 4) is 0 Å². The van der Waals surface area contributed by atoms with Crippen LogP contribution in [0.4, 0.5) is 0 Å². The van der Waals surface area contributed by atoms with Crippen molar-refractivity contribution in [3.63, 3.8) is 0 Å². The largest absolute Gasteiger partial charge is 0.347 e. The molecule has 2 aromatic rings. The van der Waals surface area contributed by atoms with E-state index in [1.807, 2.05) is 37.3 Å². The van der Waals surface area contributed by atoms with Crippen molar-refractivity contribution in [3.05, 3.63) is 53.3 Å². The fraction of sp³-hybridized carbons (Fsp3) is 0.333. The lowest BCUT2D eigenvalue weighted by Gasteiger charge is -2.20. The number of hydrogen-bond donors (Lipinski definition) is 1. The summed E-state index contributed by atoms with van der Waals surface area (Å²) in [6.07, 6.45) is 4.01. The highest BCUT2D eigenvalue weighted by molar-refractivity contribution is 6.30. The van der Waals surface area contributed by atoms with Gasteiger partial charge in [0.2, 0.25) is 5.91 Å². The molecule has 2 unspecified atom stereocenters. The van der Waals surface area contributed by atoms with Gasteiger partial charge in [0.1, 0.15) is 6.04 Å². The molecule has 1 heterocycles. The second-order valence-electron chi connectivity index (χ2n) is 4.69. The Hall–Kier alpha value is -1.81. The van der Waals surface area contributed by atoms with Gasteiger partial charge in [-0.1, -0.05) is 48.9 Å². The van der Waals surface area contributed by atoms with E-state index >= 15 is 0 Å². The van der Waals surface area contributed by atoms with Crippen molar-refractivity contribution in [2.75, 3.05) is 0 Å². The predicted octanol–water partition coefficient (Wildman–Crippen LogP) is 3.37. The smallest absolute Gasteiger partial charge is 0.245 e. The maximum Gasteiger partial charge on any atom is 0.245 e. The summed E-state index contributed by atoms with van der Waals surface area (Å²) in [5.41, 5.74) is 1.11. The first-order chi connectivity index (χ1) is 9.61. The SMILES string of the molecule is CCC(NC(=O)C(C)n1cc(Cl)cn1)c1ccccc1. The van der Waals surface area contributed by atoms with Crippen molar-refractivity contribution in [1.29, 1.82) is 0 Å². The number of rotatable bonds is 5. The Morgan fingerprint density at radius 2 is 2.10 bits per heavy atom. The summed E-state index contributed by atoms with van der Waals surface area (Å²) in [4.78, 5) is 12.3. The highest BCUT2D eigenvalue weighted by Gasteiger charge is 2.19. The molecule has 5 heteroatoms. The van der Waals surface area contributed by atoms with E-state index in [-0.39, 0.29) is 18.0 Å². The fourth-order valence-electron chi connectivity index (χ4n) is 2.05. The Kier molecular flexibility index (Phi) is 4.79. The molecular weight excluding hydrogens is 274 g/mol. The van der Waals surface area contributed by atoms with Gasteiger partial charge in [-0.3, -0.25) is 9.48 Å².